The Bertz CT molecular complexity index is 784. The molecule has 27 heavy (non-hydrogen) atoms. The number of benzene rings is 1. The van der Waals surface area contributed by atoms with E-state index in [1.165, 1.54) is 23.4 Å². The lowest BCUT2D eigenvalue weighted by Gasteiger charge is -2.34. The fraction of sp³-hybridized carbons (Fsp3) is 0.471. The maximum atomic E-state index is 13.1. The van der Waals surface area contributed by atoms with Crippen molar-refractivity contribution < 1.29 is 22.7 Å². The van der Waals surface area contributed by atoms with Gasteiger partial charge in [-0.05, 0) is 32.0 Å². The van der Waals surface area contributed by atoms with Crippen LogP contribution in [-0.4, -0.2) is 57.4 Å². The monoisotopic (exact) mass is 383 g/mol. The lowest BCUT2D eigenvalue weighted by Crippen LogP contribution is -2.48. The second kappa shape index (κ2) is 7.65. The third kappa shape index (κ3) is 4.83. The Labute approximate surface area is 154 Å². The lowest BCUT2D eigenvalue weighted by molar-refractivity contribution is -0.137. The van der Waals surface area contributed by atoms with E-state index >= 15 is 0 Å². The number of carbonyl (C=O) groups excluding carboxylic acids is 1. The predicted molar refractivity (Wildman–Crippen MR) is 91.4 cm³/mol. The van der Waals surface area contributed by atoms with Crippen LogP contribution in [0.1, 0.15) is 19.4 Å². The second-order valence-corrected chi connectivity index (χ2v) is 6.57. The molecule has 1 N–H and O–H groups in total. The zero-order chi connectivity index (χ0) is 19.6. The molecule has 1 aliphatic rings. The van der Waals surface area contributed by atoms with Crippen LogP contribution in [-0.2, 0) is 15.7 Å². The highest BCUT2D eigenvalue weighted by molar-refractivity contribution is 5.94. The van der Waals surface area contributed by atoms with Gasteiger partial charge in [-0.25, -0.2) is 9.67 Å². The first kappa shape index (κ1) is 19.3. The van der Waals surface area contributed by atoms with Crippen molar-refractivity contribution in [3.05, 3.63) is 36.4 Å². The summed E-state index contributed by atoms with van der Waals surface area (Å²) < 4.78 is 46.1. The van der Waals surface area contributed by atoms with Crippen molar-refractivity contribution in [2.75, 3.05) is 25.0 Å². The highest BCUT2D eigenvalue weighted by Crippen LogP contribution is 2.33. The van der Waals surface area contributed by atoms with Crippen LogP contribution in [0.2, 0.25) is 0 Å². The molecular formula is C17H20F3N5O2. The van der Waals surface area contributed by atoms with Gasteiger partial charge in [0.2, 0.25) is 5.91 Å². The normalized spacial score (nSPS) is 21.2. The van der Waals surface area contributed by atoms with Crippen LogP contribution < -0.4 is 5.32 Å². The zero-order valence-electron chi connectivity index (χ0n) is 14.9. The molecule has 0 aliphatic carbocycles. The van der Waals surface area contributed by atoms with Gasteiger partial charge >= 0.3 is 6.18 Å². The van der Waals surface area contributed by atoms with Gasteiger partial charge in [0.25, 0.3) is 0 Å². The number of hydrogen-bond acceptors (Lipinski definition) is 5. The van der Waals surface area contributed by atoms with E-state index in [0.717, 1.165) is 12.1 Å². The van der Waals surface area contributed by atoms with Crippen molar-refractivity contribution in [2.24, 2.45) is 0 Å². The van der Waals surface area contributed by atoms with Crippen molar-refractivity contribution in [1.82, 2.24) is 19.7 Å². The second-order valence-electron chi connectivity index (χ2n) is 6.57. The molecule has 0 spiro atoms. The van der Waals surface area contributed by atoms with Crippen LogP contribution in [0, 0.1) is 0 Å². The zero-order valence-corrected chi connectivity index (χ0v) is 14.9. The summed E-state index contributed by atoms with van der Waals surface area (Å²) in [5.41, 5.74) is -0.525. The molecule has 1 aromatic heterocycles. The van der Waals surface area contributed by atoms with E-state index in [1.54, 1.807) is 0 Å². The average molecular weight is 383 g/mol. The van der Waals surface area contributed by atoms with E-state index in [0.29, 0.717) is 18.8 Å². The highest BCUT2D eigenvalue weighted by Gasteiger charge is 2.31. The van der Waals surface area contributed by atoms with E-state index in [-0.39, 0.29) is 24.4 Å². The number of amides is 1. The molecule has 2 heterocycles. The van der Waals surface area contributed by atoms with Gasteiger partial charge in [-0.15, -0.1) is 0 Å². The number of hydrogen-bond donors (Lipinski definition) is 1. The first-order valence-corrected chi connectivity index (χ1v) is 8.46. The van der Waals surface area contributed by atoms with Gasteiger partial charge in [-0.3, -0.25) is 9.69 Å². The fourth-order valence-electron chi connectivity index (χ4n) is 3.15. The van der Waals surface area contributed by atoms with Crippen LogP contribution in [0.3, 0.4) is 0 Å². The molecule has 2 atom stereocenters. The standard InChI is InChI=1S/C17H20F3N5O2/c1-11-6-24(7-12(2)27-11)8-16(26)23-14-5-13(17(18,19)20)3-4-15(14)25-10-21-9-22-25/h3-5,9-12H,6-8H2,1-2H3,(H,23,26). The van der Waals surface area contributed by atoms with Crippen molar-refractivity contribution >= 4 is 11.6 Å². The van der Waals surface area contributed by atoms with E-state index < -0.39 is 17.6 Å². The van der Waals surface area contributed by atoms with Gasteiger partial charge in [0, 0.05) is 13.1 Å². The smallest absolute Gasteiger partial charge is 0.373 e. The number of nitrogens with zero attached hydrogens (tertiary/aromatic N) is 4. The third-order valence-electron chi connectivity index (χ3n) is 4.13. The summed E-state index contributed by atoms with van der Waals surface area (Å²) in [4.78, 5) is 18.2. The molecule has 2 aromatic rings. The van der Waals surface area contributed by atoms with Gasteiger partial charge in [0.1, 0.15) is 12.7 Å². The number of rotatable bonds is 4. The molecular weight excluding hydrogens is 363 g/mol. The minimum absolute atomic E-state index is 0.0131. The van der Waals surface area contributed by atoms with Gasteiger partial charge in [-0.2, -0.15) is 18.3 Å². The third-order valence-corrected chi connectivity index (χ3v) is 4.13. The fourth-order valence-corrected chi connectivity index (χ4v) is 3.15. The molecule has 7 nitrogen and oxygen atoms in total. The highest BCUT2D eigenvalue weighted by atomic mass is 19.4. The number of nitrogens with one attached hydrogen (secondary N) is 1. The molecule has 1 saturated heterocycles. The van der Waals surface area contributed by atoms with Crippen LogP contribution in [0.4, 0.5) is 18.9 Å². The van der Waals surface area contributed by atoms with Crippen LogP contribution in [0.25, 0.3) is 5.69 Å². The maximum Gasteiger partial charge on any atom is 0.416 e. The van der Waals surface area contributed by atoms with Gasteiger partial charge in [0.15, 0.2) is 0 Å². The van der Waals surface area contributed by atoms with Gasteiger partial charge < -0.3 is 10.1 Å². The largest absolute Gasteiger partial charge is 0.416 e. The lowest BCUT2D eigenvalue weighted by atomic mass is 10.1. The summed E-state index contributed by atoms with van der Waals surface area (Å²) in [6.45, 7) is 5.05. The first-order valence-electron chi connectivity index (χ1n) is 8.46. The van der Waals surface area contributed by atoms with Crippen molar-refractivity contribution in [3.63, 3.8) is 0 Å². The average Bonchev–Trinajstić information content (AvgIpc) is 3.07. The Morgan fingerprint density at radius 2 is 2.00 bits per heavy atom. The summed E-state index contributed by atoms with van der Waals surface area (Å²) in [6.07, 6.45) is -1.93. The quantitative estimate of drug-likeness (QED) is 0.878. The molecule has 3 rings (SSSR count). The Kier molecular flexibility index (Phi) is 5.47. The Balaban J connectivity index is 1.80. The molecule has 1 fully saturated rings. The number of carbonyl (C=O) groups is 1. The minimum Gasteiger partial charge on any atom is -0.373 e. The number of ether oxygens (including phenoxy) is 1. The van der Waals surface area contributed by atoms with E-state index in [9.17, 15) is 18.0 Å². The SMILES string of the molecule is CC1CN(CC(=O)Nc2cc(C(F)(F)F)ccc2-n2cncn2)CC(C)O1. The number of alkyl halides is 3. The van der Waals surface area contributed by atoms with E-state index in [2.05, 4.69) is 15.4 Å². The molecule has 146 valence electrons. The molecule has 0 saturated carbocycles. The number of aromatic nitrogens is 3. The molecule has 0 radical (unpaired) electrons. The van der Waals surface area contributed by atoms with Gasteiger partial charge in [-0.1, -0.05) is 0 Å². The summed E-state index contributed by atoms with van der Waals surface area (Å²) in [5, 5.41) is 6.51. The van der Waals surface area contributed by atoms with E-state index in [4.69, 9.17) is 4.74 Å². The molecule has 1 amide bonds. The molecule has 1 aromatic carbocycles. The molecule has 2 unspecified atom stereocenters. The van der Waals surface area contributed by atoms with Crippen molar-refractivity contribution in [1.29, 1.82) is 0 Å². The molecule has 1 aliphatic heterocycles. The summed E-state index contributed by atoms with van der Waals surface area (Å²) in [7, 11) is 0. The van der Waals surface area contributed by atoms with Crippen LogP contribution in [0.15, 0.2) is 30.9 Å². The Morgan fingerprint density at radius 3 is 2.59 bits per heavy atom. The van der Waals surface area contributed by atoms with E-state index in [1.807, 2.05) is 18.7 Å². The van der Waals surface area contributed by atoms with Crippen LogP contribution >= 0.6 is 0 Å². The molecule has 10 heteroatoms. The van der Waals surface area contributed by atoms with Crippen LogP contribution in [0.5, 0.6) is 0 Å². The predicted octanol–water partition coefficient (Wildman–Crippen LogP) is 2.33. The molecule has 0 bridgehead atoms. The first-order chi connectivity index (χ1) is 12.7. The van der Waals surface area contributed by atoms with Crippen molar-refractivity contribution in [2.45, 2.75) is 32.2 Å². The summed E-state index contributed by atoms with van der Waals surface area (Å²) in [5.74, 6) is -0.406. The van der Waals surface area contributed by atoms with Crippen molar-refractivity contribution in [3.8, 4) is 5.69 Å². The summed E-state index contributed by atoms with van der Waals surface area (Å²) >= 11 is 0. The number of anilines is 1. The topological polar surface area (TPSA) is 72.3 Å². The maximum absolute atomic E-state index is 13.1. The minimum atomic E-state index is -4.52. The summed E-state index contributed by atoms with van der Waals surface area (Å²) in [6, 6.07) is 3.10. The number of morpholine rings is 1. The number of halogens is 3. The van der Waals surface area contributed by atoms with Gasteiger partial charge in [0.05, 0.1) is 35.7 Å². The Morgan fingerprint density at radius 1 is 1.30 bits per heavy atom. The Hall–Kier alpha value is -2.46.